The van der Waals surface area contributed by atoms with Crippen molar-refractivity contribution in [1.82, 2.24) is 9.78 Å². The molecule has 3 aromatic rings. The molecule has 0 aliphatic heterocycles. The molecule has 0 saturated carbocycles. The van der Waals surface area contributed by atoms with E-state index in [1.807, 2.05) is 44.2 Å². The average molecular weight is 472 g/mol. The average Bonchev–Trinajstić information content (AvgIpc) is 3.05. The van der Waals surface area contributed by atoms with Gasteiger partial charge in [0.1, 0.15) is 18.1 Å². The standard InChI is InChI=1S/C24H26ClN3O5/c1-15-16(2)27-28(4)23(15)33-21-12-22(32-17(3)24(29)30-5)20(25)11-19(21)13-26-31-14-18-9-7-6-8-10-18/h6-13,17H,14H2,1-5H3/b26-13+/t17-/m0/s1. The summed E-state index contributed by atoms with van der Waals surface area (Å²) in [5.41, 5.74) is 3.29. The Kier molecular flexibility index (Phi) is 7.95. The second kappa shape index (κ2) is 10.9. The summed E-state index contributed by atoms with van der Waals surface area (Å²) < 4.78 is 18.2. The second-order valence-electron chi connectivity index (χ2n) is 7.34. The van der Waals surface area contributed by atoms with Crippen molar-refractivity contribution in [1.29, 1.82) is 0 Å². The van der Waals surface area contributed by atoms with Gasteiger partial charge in [0.15, 0.2) is 6.10 Å². The quantitative estimate of drug-likeness (QED) is 0.249. The summed E-state index contributed by atoms with van der Waals surface area (Å²) in [6.45, 7) is 5.71. The Morgan fingerprint density at radius 3 is 2.58 bits per heavy atom. The van der Waals surface area contributed by atoms with Crippen LogP contribution in [0.3, 0.4) is 0 Å². The molecule has 1 heterocycles. The number of rotatable bonds is 9. The fourth-order valence-corrected chi connectivity index (χ4v) is 3.22. The normalized spacial score (nSPS) is 11.9. The number of methoxy groups -OCH3 is 1. The number of hydrogen-bond acceptors (Lipinski definition) is 7. The van der Waals surface area contributed by atoms with Crippen molar-refractivity contribution in [2.45, 2.75) is 33.5 Å². The van der Waals surface area contributed by atoms with Crippen LogP contribution in [0.25, 0.3) is 0 Å². The molecule has 0 radical (unpaired) electrons. The highest BCUT2D eigenvalue weighted by atomic mass is 35.5. The molecule has 2 aromatic carbocycles. The number of benzene rings is 2. The smallest absolute Gasteiger partial charge is 0.346 e. The van der Waals surface area contributed by atoms with Gasteiger partial charge in [-0.2, -0.15) is 5.10 Å². The third kappa shape index (κ3) is 6.04. The van der Waals surface area contributed by atoms with Crippen LogP contribution in [0.15, 0.2) is 47.6 Å². The fraction of sp³-hybridized carbons (Fsp3) is 0.292. The van der Waals surface area contributed by atoms with E-state index in [0.29, 0.717) is 23.8 Å². The second-order valence-corrected chi connectivity index (χ2v) is 7.75. The van der Waals surface area contributed by atoms with Crippen molar-refractivity contribution in [3.05, 3.63) is 69.9 Å². The summed E-state index contributed by atoms with van der Waals surface area (Å²) in [5.74, 6) is 0.710. The molecule has 1 aromatic heterocycles. The van der Waals surface area contributed by atoms with E-state index in [2.05, 4.69) is 10.3 Å². The highest BCUT2D eigenvalue weighted by Gasteiger charge is 2.20. The zero-order chi connectivity index (χ0) is 24.0. The minimum Gasteiger partial charge on any atom is -0.477 e. The monoisotopic (exact) mass is 471 g/mol. The van der Waals surface area contributed by atoms with Gasteiger partial charge in [0, 0.05) is 24.2 Å². The van der Waals surface area contributed by atoms with E-state index in [1.54, 1.807) is 30.8 Å². The van der Waals surface area contributed by atoms with Crippen LogP contribution in [0.4, 0.5) is 0 Å². The first-order valence-electron chi connectivity index (χ1n) is 10.3. The SMILES string of the molecule is COC(=O)[C@H](C)Oc1cc(Oc2c(C)c(C)nn2C)c(/C=N/OCc2ccccc2)cc1Cl. The van der Waals surface area contributed by atoms with E-state index in [4.69, 9.17) is 30.6 Å². The molecule has 0 aliphatic rings. The highest BCUT2D eigenvalue weighted by Crippen LogP contribution is 2.36. The molecule has 174 valence electrons. The van der Waals surface area contributed by atoms with Crippen LogP contribution in [0.5, 0.6) is 17.4 Å². The lowest BCUT2D eigenvalue weighted by atomic mass is 10.2. The minimum atomic E-state index is -0.852. The molecule has 0 spiro atoms. The first kappa shape index (κ1) is 24.1. The molecular weight excluding hydrogens is 446 g/mol. The van der Waals surface area contributed by atoms with Crippen molar-refractivity contribution < 1.29 is 23.8 Å². The van der Waals surface area contributed by atoms with E-state index in [-0.39, 0.29) is 10.8 Å². The van der Waals surface area contributed by atoms with Gasteiger partial charge in [-0.3, -0.25) is 0 Å². The molecule has 0 amide bonds. The van der Waals surface area contributed by atoms with Crippen LogP contribution < -0.4 is 9.47 Å². The van der Waals surface area contributed by atoms with Gasteiger partial charge in [0.05, 0.1) is 24.0 Å². The van der Waals surface area contributed by atoms with E-state index in [1.165, 1.54) is 13.3 Å². The van der Waals surface area contributed by atoms with Gasteiger partial charge in [-0.15, -0.1) is 0 Å². The third-order valence-electron chi connectivity index (χ3n) is 4.91. The van der Waals surface area contributed by atoms with Crippen LogP contribution in [0.1, 0.15) is 29.3 Å². The number of carbonyl (C=O) groups is 1. The number of nitrogens with zero attached hydrogens (tertiary/aromatic N) is 3. The van der Waals surface area contributed by atoms with Crippen LogP contribution >= 0.6 is 11.6 Å². The largest absolute Gasteiger partial charge is 0.477 e. The number of halogens is 1. The topological polar surface area (TPSA) is 84.2 Å². The molecule has 0 bridgehead atoms. The maximum absolute atomic E-state index is 11.8. The van der Waals surface area contributed by atoms with Gasteiger partial charge in [-0.05, 0) is 32.4 Å². The lowest BCUT2D eigenvalue weighted by molar-refractivity contribution is -0.147. The lowest BCUT2D eigenvalue weighted by Gasteiger charge is -2.16. The first-order chi connectivity index (χ1) is 15.8. The molecule has 0 N–H and O–H groups in total. The van der Waals surface area contributed by atoms with Gasteiger partial charge in [-0.25, -0.2) is 9.48 Å². The van der Waals surface area contributed by atoms with Crippen molar-refractivity contribution in [2.24, 2.45) is 12.2 Å². The molecule has 33 heavy (non-hydrogen) atoms. The Morgan fingerprint density at radius 2 is 1.94 bits per heavy atom. The van der Waals surface area contributed by atoms with Gasteiger partial charge < -0.3 is 19.0 Å². The van der Waals surface area contributed by atoms with Crippen molar-refractivity contribution in [3.8, 4) is 17.4 Å². The van der Waals surface area contributed by atoms with Crippen molar-refractivity contribution in [2.75, 3.05) is 7.11 Å². The molecular formula is C24H26ClN3O5. The number of aryl methyl sites for hydroxylation is 2. The van der Waals surface area contributed by atoms with Gasteiger partial charge in [0.25, 0.3) is 0 Å². The predicted molar refractivity (Wildman–Crippen MR) is 125 cm³/mol. The fourth-order valence-electron chi connectivity index (χ4n) is 3.00. The maximum atomic E-state index is 11.8. The minimum absolute atomic E-state index is 0.267. The number of esters is 1. The van der Waals surface area contributed by atoms with Crippen LogP contribution in [0, 0.1) is 13.8 Å². The Labute approximate surface area is 197 Å². The summed E-state index contributed by atoms with van der Waals surface area (Å²) in [6, 6.07) is 12.9. The van der Waals surface area contributed by atoms with Crippen LogP contribution in [-0.2, 0) is 28.0 Å². The summed E-state index contributed by atoms with van der Waals surface area (Å²) >= 11 is 6.42. The van der Waals surface area contributed by atoms with E-state index in [9.17, 15) is 4.79 Å². The number of aromatic nitrogens is 2. The summed E-state index contributed by atoms with van der Waals surface area (Å²) in [4.78, 5) is 17.2. The third-order valence-corrected chi connectivity index (χ3v) is 5.20. The zero-order valence-electron chi connectivity index (χ0n) is 19.2. The molecule has 0 fully saturated rings. The predicted octanol–water partition coefficient (Wildman–Crippen LogP) is 4.97. The van der Waals surface area contributed by atoms with E-state index in [0.717, 1.165) is 16.8 Å². The molecule has 3 rings (SSSR count). The van der Waals surface area contributed by atoms with Crippen molar-refractivity contribution >= 4 is 23.8 Å². The highest BCUT2D eigenvalue weighted by molar-refractivity contribution is 6.32. The van der Waals surface area contributed by atoms with E-state index >= 15 is 0 Å². The van der Waals surface area contributed by atoms with Crippen LogP contribution in [-0.4, -0.2) is 35.2 Å². The summed E-state index contributed by atoms with van der Waals surface area (Å²) in [7, 11) is 3.08. The first-order valence-corrected chi connectivity index (χ1v) is 10.6. The van der Waals surface area contributed by atoms with E-state index < -0.39 is 12.1 Å². The number of oxime groups is 1. The maximum Gasteiger partial charge on any atom is 0.346 e. The molecule has 9 heteroatoms. The summed E-state index contributed by atoms with van der Waals surface area (Å²) in [5, 5.41) is 8.72. The Bertz CT molecular complexity index is 1140. The zero-order valence-corrected chi connectivity index (χ0v) is 19.9. The van der Waals surface area contributed by atoms with Gasteiger partial charge in [0.2, 0.25) is 5.88 Å². The molecule has 1 atom stereocenters. The number of ether oxygens (including phenoxy) is 3. The van der Waals surface area contributed by atoms with Crippen LogP contribution in [0.2, 0.25) is 5.02 Å². The van der Waals surface area contributed by atoms with Gasteiger partial charge >= 0.3 is 5.97 Å². The number of hydrogen-bond donors (Lipinski definition) is 0. The lowest BCUT2D eigenvalue weighted by Crippen LogP contribution is -2.25. The molecule has 0 aliphatic carbocycles. The Balaban J connectivity index is 1.90. The molecule has 0 saturated heterocycles. The Morgan fingerprint density at radius 1 is 1.21 bits per heavy atom. The van der Waals surface area contributed by atoms with Gasteiger partial charge in [-0.1, -0.05) is 47.1 Å². The molecule has 0 unspecified atom stereocenters. The van der Waals surface area contributed by atoms with Crippen molar-refractivity contribution in [3.63, 3.8) is 0 Å². The summed E-state index contributed by atoms with van der Waals surface area (Å²) in [6.07, 6.45) is 0.658. The molecule has 8 nitrogen and oxygen atoms in total. The Hall–Kier alpha value is -3.52. The number of carbonyl (C=O) groups excluding carboxylic acids is 1.